The van der Waals surface area contributed by atoms with Gasteiger partial charge in [-0.2, -0.15) is 0 Å². The molecule has 2 aliphatic rings. The van der Waals surface area contributed by atoms with Gasteiger partial charge in [-0.1, -0.05) is 84.6 Å². The first kappa shape index (κ1) is 34.9. The monoisotopic (exact) mass is 712 g/mol. The van der Waals surface area contributed by atoms with Crippen LogP contribution in [0.2, 0.25) is 0 Å². The summed E-state index contributed by atoms with van der Waals surface area (Å²) in [5.74, 6) is 0.778. The van der Waals surface area contributed by atoms with Crippen LogP contribution in [0.1, 0.15) is 52.2 Å². The van der Waals surface area contributed by atoms with Crippen LogP contribution in [0.25, 0.3) is 22.4 Å². The second-order valence-electron chi connectivity index (χ2n) is 13.3. The number of nitrogens with zero attached hydrogens (tertiary/aromatic N) is 4. The maximum Gasteiger partial charge on any atom is 0.301 e. The molecule has 0 unspecified atom stereocenters. The third kappa shape index (κ3) is 7.56. The van der Waals surface area contributed by atoms with E-state index in [0.29, 0.717) is 36.6 Å². The van der Waals surface area contributed by atoms with Crippen molar-refractivity contribution < 1.29 is 19.2 Å². The minimum Gasteiger partial charge on any atom is -0.340 e. The van der Waals surface area contributed by atoms with Gasteiger partial charge in [-0.25, -0.2) is 4.98 Å². The summed E-state index contributed by atoms with van der Waals surface area (Å²) >= 11 is 1.06. The van der Waals surface area contributed by atoms with Crippen LogP contribution in [0.15, 0.2) is 109 Å². The Hall–Kier alpha value is -5.52. The highest BCUT2D eigenvalue weighted by atomic mass is 32.2. The predicted octanol–water partition coefficient (Wildman–Crippen LogP) is 6.56. The third-order valence-electron chi connectivity index (χ3n) is 9.61. The molecule has 52 heavy (non-hydrogen) atoms. The smallest absolute Gasteiger partial charge is 0.301 e. The lowest BCUT2D eigenvalue weighted by molar-refractivity contribution is -0.141. The largest absolute Gasteiger partial charge is 0.340 e. The lowest BCUT2D eigenvalue weighted by Gasteiger charge is -2.31. The highest BCUT2D eigenvalue weighted by molar-refractivity contribution is 8.15. The molecule has 7 rings (SSSR count). The Balaban J connectivity index is 0.997. The molecule has 3 amide bonds. The van der Waals surface area contributed by atoms with E-state index in [4.69, 9.17) is 4.98 Å². The van der Waals surface area contributed by atoms with Gasteiger partial charge in [0.05, 0.1) is 17.9 Å². The minimum atomic E-state index is -0.461. The zero-order valence-electron chi connectivity index (χ0n) is 29.1. The van der Waals surface area contributed by atoms with Crippen LogP contribution in [0.4, 0.5) is 5.69 Å². The van der Waals surface area contributed by atoms with E-state index < -0.39 is 11.0 Å². The molecular weight excluding hydrogens is 673 g/mol. The number of rotatable bonds is 10. The Bertz CT molecular complexity index is 2080. The van der Waals surface area contributed by atoms with Gasteiger partial charge in [0.2, 0.25) is 5.91 Å². The first-order valence-electron chi connectivity index (χ1n) is 17.4. The number of aromatic nitrogens is 2. The number of anilines is 1. The van der Waals surface area contributed by atoms with Crippen molar-refractivity contribution in [3.05, 3.63) is 132 Å². The molecule has 2 N–H and O–H groups in total. The van der Waals surface area contributed by atoms with Crippen LogP contribution < -0.4 is 5.32 Å². The Morgan fingerprint density at radius 3 is 2.40 bits per heavy atom. The fourth-order valence-electron chi connectivity index (χ4n) is 6.91. The van der Waals surface area contributed by atoms with E-state index in [0.717, 1.165) is 63.9 Å². The molecule has 4 aromatic carbocycles. The van der Waals surface area contributed by atoms with Crippen molar-refractivity contribution in [3.8, 4) is 22.4 Å². The van der Waals surface area contributed by atoms with Gasteiger partial charge >= 0.3 is 5.91 Å². The molecule has 2 saturated heterocycles. The second-order valence-corrected chi connectivity index (χ2v) is 14.4. The average Bonchev–Trinajstić information content (AvgIpc) is 3.86. The highest BCUT2D eigenvalue weighted by Gasteiger charge is 2.37. The standard InChI is InChI=1S/C41H40N6O4S/c1-45(2)36(29-8-4-3-5-9-29)39(49)47-21-7-12-35(47)37-42-25-34(44-37)32-11-6-10-31(24-32)28-15-17-30(18-16-28)38(48)43-33-19-13-27(14-20-33)26-46-22-23-52-41(51)40(46)50/h3-6,8-11,13-20,24-25,35-36H,7,12,21-23,26H2,1-2H3,(H,42,44)(H,43,48)/t35-,36+/m0/s1. The maximum absolute atomic E-state index is 13.9. The van der Waals surface area contributed by atoms with Crippen LogP contribution in [0.3, 0.4) is 0 Å². The summed E-state index contributed by atoms with van der Waals surface area (Å²) in [6.45, 7) is 1.59. The molecule has 1 aromatic heterocycles. The fraction of sp³-hybridized carbons (Fsp3) is 0.244. The number of nitrogens with one attached hydrogen (secondary N) is 2. The summed E-state index contributed by atoms with van der Waals surface area (Å²) in [6, 6.07) is 32.3. The van der Waals surface area contributed by atoms with E-state index >= 15 is 0 Å². The number of H-pyrrole nitrogens is 1. The van der Waals surface area contributed by atoms with Crippen molar-refractivity contribution in [3.63, 3.8) is 0 Å². The molecule has 2 atom stereocenters. The number of thioether (sulfide) groups is 1. The SMILES string of the molecule is CN(C)[C@@H](C(=O)N1CCC[C@H]1c1ncc(-c2cccc(-c3ccc(C(=O)Nc4ccc(CN5CCSC(=O)C5=O)cc4)cc3)c2)[nH]1)c1ccccc1. The second kappa shape index (κ2) is 15.4. The highest BCUT2D eigenvalue weighted by Crippen LogP contribution is 2.35. The molecule has 3 heterocycles. The van der Waals surface area contributed by atoms with Crippen LogP contribution in [0.5, 0.6) is 0 Å². The van der Waals surface area contributed by atoms with E-state index in [9.17, 15) is 19.2 Å². The summed E-state index contributed by atoms with van der Waals surface area (Å²) in [4.78, 5) is 64.6. The van der Waals surface area contributed by atoms with Crippen molar-refractivity contribution in [2.75, 3.05) is 38.3 Å². The summed E-state index contributed by atoms with van der Waals surface area (Å²) in [6.07, 6.45) is 3.61. The maximum atomic E-state index is 13.9. The van der Waals surface area contributed by atoms with E-state index in [1.165, 1.54) is 0 Å². The van der Waals surface area contributed by atoms with Crippen molar-refractivity contribution >= 4 is 40.3 Å². The Labute approximate surface area is 307 Å². The third-order valence-corrected chi connectivity index (χ3v) is 10.4. The van der Waals surface area contributed by atoms with Gasteiger partial charge in [0.25, 0.3) is 11.0 Å². The first-order chi connectivity index (χ1) is 25.2. The minimum absolute atomic E-state index is 0.0784. The van der Waals surface area contributed by atoms with Crippen molar-refractivity contribution in [2.24, 2.45) is 0 Å². The Morgan fingerprint density at radius 1 is 0.904 bits per heavy atom. The van der Waals surface area contributed by atoms with Crippen LogP contribution >= 0.6 is 11.8 Å². The molecule has 5 aromatic rings. The number of carbonyl (C=O) groups excluding carboxylic acids is 4. The van der Waals surface area contributed by atoms with E-state index in [-0.39, 0.29) is 23.9 Å². The number of imidazole rings is 1. The summed E-state index contributed by atoms with van der Waals surface area (Å²) < 4.78 is 0. The van der Waals surface area contributed by atoms with E-state index in [1.807, 2.05) is 103 Å². The molecule has 2 aliphatic heterocycles. The van der Waals surface area contributed by atoms with Gasteiger partial charge in [-0.3, -0.25) is 24.1 Å². The normalized spacial score (nSPS) is 16.7. The molecule has 0 radical (unpaired) electrons. The number of likely N-dealkylation sites (tertiary alicyclic amines) is 1. The van der Waals surface area contributed by atoms with E-state index in [1.54, 1.807) is 29.2 Å². The molecule has 264 valence electrons. The predicted molar refractivity (Wildman–Crippen MR) is 203 cm³/mol. The first-order valence-corrected chi connectivity index (χ1v) is 18.4. The summed E-state index contributed by atoms with van der Waals surface area (Å²) in [7, 11) is 3.88. The molecule has 0 saturated carbocycles. The van der Waals surface area contributed by atoms with E-state index in [2.05, 4.69) is 16.4 Å². The number of carbonyl (C=O) groups is 4. The topological polar surface area (TPSA) is 119 Å². The molecule has 0 bridgehead atoms. The Morgan fingerprint density at radius 2 is 1.65 bits per heavy atom. The number of aromatic amines is 1. The molecular formula is C41H40N6O4S. The molecule has 11 heteroatoms. The molecule has 2 fully saturated rings. The fourth-order valence-corrected chi connectivity index (χ4v) is 7.66. The van der Waals surface area contributed by atoms with Gasteiger partial charge in [0, 0.05) is 42.2 Å². The quantitative estimate of drug-likeness (QED) is 0.158. The number of likely N-dealkylation sites (N-methyl/N-ethyl adjacent to an activating group) is 1. The van der Waals surface area contributed by atoms with Gasteiger partial charge in [-0.15, -0.1) is 0 Å². The lowest BCUT2D eigenvalue weighted by Crippen LogP contribution is -2.40. The molecule has 0 aliphatic carbocycles. The molecule has 10 nitrogen and oxygen atoms in total. The number of benzene rings is 4. The summed E-state index contributed by atoms with van der Waals surface area (Å²) in [5, 5.41) is 2.52. The van der Waals surface area contributed by atoms with Gasteiger partial charge in [0.1, 0.15) is 11.9 Å². The zero-order valence-corrected chi connectivity index (χ0v) is 29.9. The zero-order chi connectivity index (χ0) is 36.2. The summed E-state index contributed by atoms with van der Waals surface area (Å²) in [5.41, 5.74) is 6.84. The van der Waals surface area contributed by atoms with Crippen molar-refractivity contribution in [2.45, 2.75) is 31.5 Å². The number of hydrogen-bond donors (Lipinski definition) is 2. The number of amides is 3. The number of hydrogen-bond acceptors (Lipinski definition) is 7. The van der Waals surface area contributed by atoms with Crippen LogP contribution in [-0.2, 0) is 20.9 Å². The van der Waals surface area contributed by atoms with Crippen LogP contribution in [0, 0.1) is 0 Å². The van der Waals surface area contributed by atoms with Gasteiger partial charge < -0.3 is 20.1 Å². The van der Waals surface area contributed by atoms with Gasteiger partial charge in [0.15, 0.2) is 0 Å². The Kier molecular flexibility index (Phi) is 10.3. The van der Waals surface area contributed by atoms with Crippen molar-refractivity contribution in [1.29, 1.82) is 0 Å². The van der Waals surface area contributed by atoms with Crippen molar-refractivity contribution in [1.82, 2.24) is 24.7 Å². The van der Waals surface area contributed by atoms with Gasteiger partial charge in [-0.05, 0) is 79.5 Å². The van der Waals surface area contributed by atoms with Crippen LogP contribution in [-0.4, -0.2) is 80.4 Å². The lowest BCUT2D eigenvalue weighted by atomic mass is 10.0. The average molecular weight is 713 g/mol. The molecule has 0 spiro atoms.